The third-order valence-corrected chi connectivity index (χ3v) is 5.12. The Morgan fingerprint density at radius 2 is 1.64 bits per heavy atom. The minimum Gasteiger partial charge on any atom is -0.325 e. The number of hydrogen-bond donors (Lipinski definition) is 2. The molecule has 0 fully saturated rings. The van der Waals surface area contributed by atoms with Gasteiger partial charge in [0.1, 0.15) is 11.9 Å². The molecule has 0 aliphatic rings. The van der Waals surface area contributed by atoms with Crippen molar-refractivity contribution in [1.29, 1.82) is 0 Å². The van der Waals surface area contributed by atoms with Crippen LogP contribution in [-0.2, 0) is 14.8 Å². The molecule has 1 amide bonds. The highest BCUT2D eigenvalue weighted by molar-refractivity contribution is 7.89. The van der Waals surface area contributed by atoms with Gasteiger partial charge in [0.15, 0.2) is 0 Å². The molecule has 0 saturated carbocycles. The van der Waals surface area contributed by atoms with E-state index in [2.05, 4.69) is 10.0 Å². The van der Waals surface area contributed by atoms with E-state index >= 15 is 0 Å². The molecule has 0 radical (unpaired) electrons. The van der Waals surface area contributed by atoms with Crippen molar-refractivity contribution in [2.45, 2.75) is 38.1 Å². The van der Waals surface area contributed by atoms with E-state index in [9.17, 15) is 17.6 Å². The number of hydrogen-bond acceptors (Lipinski definition) is 3. The number of rotatable bonds is 6. The lowest BCUT2D eigenvalue weighted by Crippen LogP contribution is -2.43. The minimum absolute atomic E-state index is 0.0912. The minimum atomic E-state index is -3.92. The second kappa shape index (κ2) is 7.76. The van der Waals surface area contributed by atoms with Gasteiger partial charge in [-0.05, 0) is 67.8 Å². The van der Waals surface area contributed by atoms with Crippen LogP contribution in [0.1, 0.15) is 24.5 Å². The summed E-state index contributed by atoms with van der Waals surface area (Å²) in [7, 11) is -3.92. The molecule has 25 heavy (non-hydrogen) atoms. The number of halogens is 1. The fourth-order valence-electron chi connectivity index (χ4n) is 2.47. The van der Waals surface area contributed by atoms with Crippen molar-refractivity contribution in [2.75, 3.05) is 5.32 Å². The van der Waals surface area contributed by atoms with E-state index in [0.29, 0.717) is 5.69 Å². The molecule has 0 aliphatic carbocycles. The predicted molar refractivity (Wildman–Crippen MR) is 95.3 cm³/mol. The van der Waals surface area contributed by atoms with E-state index in [1.165, 1.54) is 0 Å². The van der Waals surface area contributed by atoms with Crippen LogP contribution in [0.4, 0.5) is 10.1 Å². The van der Waals surface area contributed by atoms with Gasteiger partial charge in [-0.1, -0.05) is 13.0 Å². The first-order chi connectivity index (χ1) is 11.7. The summed E-state index contributed by atoms with van der Waals surface area (Å²) >= 11 is 0. The van der Waals surface area contributed by atoms with E-state index in [1.54, 1.807) is 6.92 Å². The molecular formula is C18H21FN2O3S. The first-order valence-corrected chi connectivity index (χ1v) is 9.36. The highest BCUT2D eigenvalue weighted by Crippen LogP contribution is 2.15. The largest absolute Gasteiger partial charge is 0.325 e. The van der Waals surface area contributed by atoms with Crippen molar-refractivity contribution in [1.82, 2.24) is 4.72 Å². The smallest absolute Gasteiger partial charge is 0.242 e. The summed E-state index contributed by atoms with van der Waals surface area (Å²) in [4.78, 5) is 12.3. The SMILES string of the molecule is CCC(NS(=O)(=O)c1ccc(F)cc1)C(=O)Nc1cc(C)cc(C)c1. The number of aryl methyl sites for hydroxylation is 2. The van der Waals surface area contributed by atoms with Crippen molar-refractivity contribution in [3.63, 3.8) is 0 Å². The van der Waals surface area contributed by atoms with Crippen LogP contribution in [0.15, 0.2) is 47.4 Å². The van der Waals surface area contributed by atoms with Gasteiger partial charge in [-0.3, -0.25) is 4.79 Å². The number of sulfonamides is 1. The summed E-state index contributed by atoms with van der Waals surface area (Å²) in [6.07, 6.45) is 0.275. The van der Waals surface area contributed by atoms with E-state index in [1.807, 2.05) is 32.0 Å². The monoisotopic (exact) mass is 364 g/mol. The molecule has 1 atom stereocenters. The Morgan fingerprint density at radius 1 is 1.08 bits per heavy atom. The highest BCUT2D eigenvalue weighted by atomic mass is 32.2. The summed E-state index contributed by atoms with van der Waals surface area (Å²) < 4.78 is 40.1. The van der Waals surface area contributed by atoms with Crippen molar-refractivity contribution < 1.29 is 17.6 Å². The van der Waals surface area contributed by atoms with Gasteiger partial charge in [-0.15, -0.1) is 0 Å². The van der Waals surface area contributed by atoms with Gasteiger partial charge < -0.3 is 5.32 Å². The summed E-state index contributed by atoms with van der Waals surface area (Å²) in [5, 5.41) is 2.73. The predicted octanol–water partition coefficient (Wildman–Crippen LogP) is 3.14. The zero-order valence-corrected chi connectivity index (χ0v) is 15.2. The molecule has 0 aromatic heterocycles. The van der Waals surface area contributed by atoms with Crippen LogP contribution in [0.2, 0.25) is 0 Å². The van der Waals surface area contributed by atoms with Crippen LogP contribution in [0.25, 0.3) is 0 Å². The Morgan fingerprint density at radius 3 is 2.16 bits per heavy atom. The van der Waals surface area contributed by atoms with Gasteiger partial charge in [0.05, 0.1) is 4.90 Å². The van der Waals surface area contributed by atoms with Gasteiger partial charge in [0.2, 0.25) is 15.9 Å². The van der Waals surface area contributed by atoms with Crippen molar-refractivity contribution in [3.05, 3.63) is 59.4 Å². The molecular weight excluding hydrogens is 343 g/mol. The molecule has 0 spiro atoms. The molecule has 0 bridgehead atoms. The lowest BCUT2D eigenvalue weighted by atomic mass is 10.1. The molecule has 2 N–H and O–H groups in total. The first-order valence-electron chi connectivity index (χ1n) is 7.88. The summed E-state index contributed by atoms with van der Waals surface area (Å²) in [5.74, 6) is -0.975. The maximum atomic E-state index is 13.0. The fraction of sp³-hybridized carbons (Fsp3) is 0.278. The Hall–Kier alpha value is -2.25. The molecule has 1 unspecified atom stereocenters. The quantitative estimate of drug-likeness (QED) is 0.827. The molecule has 134 valence electrons. The van der Waals surface area contributed by atoms with E-state index in [0.717, 1.165) is 35.4 Å². The topological polar surface area (TPSA) is 75.3 Å². The molecule has 0 aliphatic heterocycles. The van der Waals surface area contributed by atoms with Gasteiger partial charge >= 0.3 is 0 Å². The highest BCUT2D eigenvalue weighted by Gasteiger charge is 2.24. The van der Waals surface area contributed by atoms with Crippen molar-refractivity contribution in [2.24, 2.45) is 0 Å². The van der Waals surface area contributed by atoms with Crippen molar-refractivity contribution in [3.8, 4) is 0 Å². The second-order valence-corrected chi connectivity index (χ2v) is 7.62. The number of nitrogens with one attached hydrogen (secondary N) is 2. The zero-order chi connectivity index (χ0) is 18.6. The molecule has 2 rings (SSSR count). The number of benzene rings is 2. The summed E-state index contributed by atoms with van der Waals surface area (Å²) in [5.41, 5.74) is 2.60. The molecule has 7 heteroatoms. The van der Waals surface area contributed by atoms with Crippen LogP contribution in [0.3, 0.4) is 0 Å². The number of anilines is 1. The lowest BCUT2D eigenvalue weighted by molar-refractivity contribution is -0.117. The third-order valence-electron chi connectivity index (χ3n) is 3.64. The summed E-state index contributed by atoms with van der Waals surface area (Å²) in [6, 6.07) is 9.10. The summed E-state index contributed by atoms with van der Waals surface area (Å²) in [6.45, 7) is 5.54. The molecule has 2 aromatic carbocycles. The van der Waals surface area contributed by atoms with Gasteiger partial charge in [0, 0.05) is 5.69 Å². The second-order valence-electron chi connectivity index (χ2n) is 5.90. The molecule has 0 saturated heterocycles. The first kappa shape index (κ1) is 19.1. The van der Waals surface area contributed by atoms with Crippen LogP contribution in [0, 0.1) is 19.7 Å². The van der Waals surface area contributed by atoms with Crippen LogP contribution in [0.5, 0.6) is 0 Å². The van der Waals surface area contributed by atoms with Crippen molar-refractivity contribution >= 4 is 21.6 Å². The fourth-order valence-corrected chi connectivity index (χ4v) is 3.75. The lowest BCUT2D eigenvalue weighted by Gasteiger charge is -2.17. The number of amides is 1. The van der Waals surface area contributed by atoms with Gasteiger partial charge in [0.25, 0.3) is 0 Å². The Kier molecular flexibility index (Phi) is 5.92. The normalized spacial score (nSPS) is 12.6. The molecule has 5 nitrogen and oxygen atoms in total. The van der Waals surface area contributed by atoms with E-state index in [-0.39, 0.29) is 11.3 Å². The average Bonchev–Trinajstić information content (AvgIpc) is 2.52. The maximum absolute atomic E-state index is 13.0. The Bertz CT molecular complexity index is 844. The van der Waals surface area contributed by atoms with Gasteiger partial charge in [-0.2, -0.15) is 4.72 Å². The number of carbonyl (C=O) groups excluding carboxylic acids is 1. The van der Waals surface area contributed by atoms with Crippen LogP contribution in [-0.4, -0.2) is 20.4 Å². The molecule has 2 aromatic rings. The average molecular weight is 364 g/mol. The van der Waals surface area contributed by atoms with E-state index < -0.39 is 27.8 Å². The van der Waals surface area contributed by atoms with Gasteiger partial charge in [-0.25, -0.2) is 12.8 Å². The van der Waals surface area contributed by atoms with Crippen LogP contribution >= 0.6 is 0 Å². The molecule has 0 heterocycles. The third kappa shape index (κ3) is 5.11. The number of carbonyl (C=O) groups is 1. The Balaban J connectivity index is 2.15. The van der Waals surface area contributed by atoms with Crippen LogP contribution < -0.4 is 10.0 Å². The zero-order valence-electron chi connectivity index (χ0n) is 14.3. The maximum Gasteiger partial charge on any atom is 0.242 e. The van der Waals surface area contributed by atoms with E-state index in [4.69, 9.17) is 0 Å². The standard InChI is InChI=1S/C18H21FN2O3S/c1-4-17(18(22)20-15-10-12(2)9-13(3)11-15)21-25(23,24)16-7-5-14(19)6-8-16/h5-11,17,21H,4H2,1-3H3,(H,20,22). The Labute approximate surface area is 147 Å².